The van der Waals surface area contributed by atoms with Gasteiger partial charge in [-0.1, -0.05) is 45.6 Å². The molecule has 5 nitrogen and oxygen atoms in total. The minimum absolute atomic E-state index is 0.158. The molecule has 1 rings (SSSR count). The minimum atomic E-state index is -0.505. The van der Waals surface area contributed by atoms with Crippen LogP contribution in [0.3, 0.4) is 0 Å². The summed E-state index contributed by atoms with van der Waals surface area (Å²) in [5.41, 5.74) is 1.15. The van der Waals surface area contributed by atoms with Crippen molar-refractivity contribution in [2.75, 3.05) is 13.7 Å². The molecule has 0 atom stereocenters. The summed E-state index contributed by atoms with van der Waals surface area (Å²) >= 11 is 0. The second-order valence-electron chi connectivity index (χ2n) is 4.70. The van der Waals surface area contributed by atoms with Crippen molar-refractivity contribution in [2.45, 2.75) is 53.9 Å². The fourth-order valence-corrected chi connectivity index (χ4v) is 1.66. The molecule has 1 amide bonds. The lowest BCUT2D eigenvalue weighted by atomic mass is 10.1. The average molecular weight is 361 g/mol. The molecule has 0 saturated carbocycles. The van der Waals surface area contributed by atoms with Gasteiger partial charge in [-0.15, -0.1) is 0 Å². The number of nitrogens with one attached hydrogen (secondary N) is 1. The van der Waals surface area contributed by atoms with E-state index in [0.717, 1.165) is 6.42 Å². The van der Waals surface area contributed by atoms with Crippen molar-refractivity contribution in [3.05, 3.63) is 35.4 Å². The van der Waals surface area contributed by atoms with Gasteiger partial charge >= 0.3 is 5.97 Å². The Morgan fingerprint density at radius 3 is 2.35 bits per heavy atom. The van der Waals surface area contributed by atoms with Crippen LogP contribution in [0.15, 0.2) is 24.3 Å². The largest absolute Gasteiger partial charge is 0.468 e. The zero-order chi connectivity index (χ0) is 20.4. The van der Waals surface area contributed by atoms with Gasteiger partial charge in [0.1, 0.15) is 12.3 Å². The highest BCUT2D eigenvalue weighted by molar-refractivity contribution is 5.96. The summed E-state index contributed by atoms with van der Waals surface area (Å²) in [6.07, 6.45) is 1.91. The van der Waals surface area contributed by atoms with E-state index in [9.17, 15) is 14.4 Å². The Bertz CT molecular complexity index is 612. The SMILES string of the molecule is CC.CC.COC(=O)CNC(=O)c1cccc(C#CCCCC(C)=O)c1. The fraction of sp³-hybridized carbons (Fsp3) is 0.476. The molecule has 1 N–H and O–H groups in total. The van der Waals surface area contributed by atoms with Crippen LogP contribution >= 0.6 is 0 Å². The number of hydrogen-bond acceptors (Lipinski definition) is 4. The number of methoxy groups -OCH3 is 1. The first-order valence-electron chi connectivity index (χ1n) is 8.96. The standard InChI is InChI=1S/C17H19NO4.2C2H6/c1-13(19)7-4-3-5-8-14-9-6-10-15(11-14)17(21)18-12-16(20)22-2;2*1-2/h6,9-11H,3-4,7,12H2,1-2H3,(H,18,21);2*1-2H3. The molecule has 0 unspecified atom stereocenters. The lowest BCUT2D eigenvalue weighted by molar-refractivity contribution is -0.139. The number of benzene rings is 1. The van der Waals surface area contributed by atoms with Crippen molar-refractivity contribution in [3.63, 3.8) is 0 Å². The number of carbonyl (C=O) groups excluding carboxylic acids is 3. The number of ether oxygens (including phenoxy) is 1. The van der Waals surface area contributed by atoms with Gasteiger partial charge in [-0.2, -0.15) is 0 Å². The van der Waals surface area contributed by atoms with Crippen LogP contribution in [-0.2, 0) is 14.3 Å². The van der Waals surface area contributed by atoms with Crippen molar-refractivity contribution in [1.82, 2.24) is 5.32 Å². The van der Waals surface area contributed by atoms with Crippen LogP contribution in [0.1, 0.15) is 69.8 Å². The van der Waals surface area contributed by atoms with E-state index in [1.54, 1.807) is 31.2 Å². The fourth-order valence-electron chi connectivity index (χ4n) is 1.66. The molecule has 0 saturated heterocycles. The van der Waals surface area contributed by atoms with E-state index in [4.69, 9.17) is 0 Å². The Kier molecular flexibility index (Phi) is 17.0. The number of rotatable bonds is 6. The van der Waals surface area contributed by atoms with Crippen LogP contribution in [0.4, 0.5) is 0 Å². The summed E-state index contributed by atoms with van der Waals surface area (Å²) < 4.78 is 4.45. The van der Waals surface area contributed by atoms with Crippen molar-refractivity contribution in [2.24, 2.45) is 0 Å². The summed E-state index contributed by atoms with van der Waals surface area (Å²) in [7, 11) is 1.26. The minimum Gasteiger partial charge on any atom is -0.468 e. The first-order valence-corrected chi connectivity index (χ1v) is 8.96. The van der Waals surface area contributed by atoms with Gasteiger partial charge in [0.05, 0.1) is 7.11 Å². The van der Waals surface area contributed by atoms with E-state index in [1.807, 2.05) is 27.7 Å². The van der Waals surface area contributed by atoms with Crippen LogP contribution in [0.25, 0.3) is 0 Å². The highest BCUT2D eigenvalue weighted by Crippen LogP contribution is 2.04. The van der Waals surface area contributed by atoms with Crippen LogP contribution in [0.2, 0.25) is 0 Å². The Morgan fingerprint density at radius 2 is 1.77 bits per heavy atom. The Balaban J connectivity index is 0. The van der Waals surface area contributed by atoms with Gasteiger partial charge < -0.3 is 14.8 Å². The van der Waals surface area contributed by atoms with Gasteiger partial charge in [0, 0.05) is 24.0 Å². The summed E-state index contributed by atoms with van der Waals surface area (Å²) in [5, 5.41) is 2.47. The van der Waals surface area contributed by atoms with Gasteiger partial charge in [-0.05, 0) is 31.5 Å². The van der Waals surface area contributed by atoms with E-state index in [2.05, 4.69) is 21.9 Å². The molecule has 0 radical (unpaired) electrons. The first kappa shape index (κ1) is 25.6. The molecule has 0 aliphatic carbocycles. The topological polar surface area (TPSA) is 72.5 Å². The molecule has 1 aromatic carbocycles. The Hall–Kier alpha value is -2.61. The van der Waals surface area contributed by atoms with Crippen molar-refractivity contribution in [1.29, 1.82) is 0 Å². The van der Waals surface area contributed by atoms with E-state index in [0.29, 0.717) is 24.0 Å². The van der Waals surface area contributed by atoms with Crippen LogP contribution in [0, 0.1) is 11.8 Å². The van der Waals surface area contributed by atoms with Crippen LogP contribution in [-0.4, -0.2) is 31.3 Å². The molecular weight excluding hydrogens is 330 g/mol. The highest BCUT2D eigenvalue weighted by atomic mass is 16.5. The van der Waals surface area contributed by atoms with Crippen molar-refractivity contribution < 1.29 is 19.1 Å². The van der Waals surface area contributed by atoms with Crippen LogP contribution < -0.4 is 5.32 Å². The third-order valence-corrected chi connectivity index (χ3v) is 2.81. The zero-order valence-corrected chi connectivity index (χ0v) is 16.8. The maximum absolute atomic E-state index is 11.9. The number of Topliss-reactive ketones (excluding diaryl/α,β-unsaturated/α-hetero) is 1. The summed E-state index contributed by atoms with van der Waals surface area (Å²) in [4.78, 5) is 33.6. The molecule has 5 heteroatoms. The highest BCUT2D eigenvalue weighted by Gasteiger charge is 2.07. The van der Waals surface area contributed by atoms with E-state index in [-0.39, 0.29) is 18.2 Å². The Labute approximate surface area is 157 Å². The molecule has 0 aromatic heterocycles. The molecule has 0 bridgehead atoms. The lowest BCUT2D eigenvalue weighted by Crippen LogP contribution is -2.30. The molecule has 0 spiro atoms. The molecule has 0 aliphatic rings. The predicted octanol–water partition coefficient (Wildman–Crippen LogP) is 3.75. The maximum atomic E-state index is 11.9. The van der Waals surface area contributed by atoms with E-state index >= 15 is 0 Å². The molecule has 0 aliphatic heterocycles. The third-order valence-electron chi connectivity index (χ3n) is 2.81. The maximum Gasteiger partial charge on any atom is 0.325 e. The molecule has 0 fully saturated rings. The molecule has 1 aromatic rings. The zero-order valence-electron chi connectivity index (χ0n) is 16.8. The van der Waals surface area contributed by atoms with Gasteiger partial charge in [0.2, 0.25) is 0 Å². The summed E-state index contributed by atoms with van der Waals surface area (Å²) in [6, 6.07) is 6.83. The lowest BCUT2D eigenvalue weighted by Gasteiger charge is -2.04. The monoisotopic (exact) mass is 361 g/mol. The number of hydrogen-bond donors (Lipinski definition) is 1. The number of unbranched alkanes of at least 4 members (excludes halogenated alkanes) is 1. The summed E-state index contributed by atoms with van der Waals surface area (Å²) in [6.45, 7) is 9.39. The van der Waals surface area contributed by atoms with Crippen molar-refractivity contribution in [3.8, 4) is 11.8 Å². The average Bonchev–Trinajstić information content (AvgIpc) is 2.68. The quantitative estimate of drug-likeness (QED) is 0.476. The second-order valence-corrected chi connectivity index (χ2v) is 4.70. The molecular formula is C21H31NO4. The van der Waals surface area contributed by atoms with Gasteiger partial charge in [0.15, 0.2) is 0 Å². The van der Waals surface area contributed by atoms with Gasteiger partial charge in [-0.25, -0.2) is 0 Å². The smallest absolute Gasteiger partial charge is 0.325 e. The Morgan fingerprint density at radius 1 is 1.12 bits per heavy atom. The molecule has 144 valence electrons. The summed E-state index contributed by atoms with van der Waals surface area (Å²) in [5.74, 6) is 5.23. The van der Waals surface area contributed by atoms with E-state index < -0.39 is 5.97 Å². The molecule has 0 heterocycles. The second kappa shape index (κ2) is 17.2. The normalized spacial score (nSPS) is 8.38. The van der Waals surface area contributed by atoms with Crippen LogP contribution in [0.5, 0.6) is 0 Å². The number of carbonyl (C=O) groups is 3. The molecule has 26 heavy (non-hydrogen) atoms. The number of ketones is 1. The third kappa shape index (κ3) is 12.8. The van der Waals surface area contributed by atoms with Crippen molar-refractivity contribution >= 4 is 17.7 Å². The predicted molar refractivity (Wildman–Crippen MR) is 105 cm³/mol. The van der Waals surface area contributed by atoms with E-state index in [1.165, 1.54) is 7.11 Å². The number of amides is 1. The van der Waals surface area contributed by atoms with Gasteiger partial charge in [0.25, 0.3) is 5.91 Å². The van der Waals surface area contributed by atoms with Gasteiger partial charge in [-0.3, -0.25) is 9.59 Å². The first-order chi connectivity index (χ1) is 12.5. The number of esters is 1.